The molecule has 0 radical (unpaired) electrons. The van der Waals surface area contributed by atoms with Gasteiger partial charge < -0.3 is 14.5 Å². The summed E-state index contributed by atoms with van der Waals surface area (Å²) in [6, 6.07) is 5.90. The third-order valence-corrected chi connectivity index (χ3v) is 3.31. The highest BCUT2D eigenvalue weighted by Gasteiger charge is 2.38. The van der Waals surface area contributed by atoms with Crippen LogP contribution in [0.3, 0.4) is 0 Å². The number of halogens is 3. The molecule has 1 heterocycles. The molecular weight excluding hydrogens is 327 g/mol. The fraction of sp³-hybridized carbons (Fsp3) is 0.400. The van der Waals surface area contributed by atoms with E-state index in [0.717, 1.165) is 0 Å². The predicted molar refractivity (Wildman–Crippen MR) is 78.0 cm³/mol. The average molecular weight is 343 g/mol. The zero-order valence-electron chi connectivity index (χ0n) is 12.9. The molecular formula is C15H16F3N3O3. The van der Waals surface area contributed by atoms with Gasteiger partial charge in [0.2, 0.25) is 5.82 Å². The number of aromatic nitrogens is 2. The third kappa shape index (κ3) is 4.31. The van der Waals surface area contributed by atoms with E-state index in [0.29, 0.717) is 30.5 Å². The molecule has 1 aromatic carbocycles. The summed E-state index contributed by atoms with van der Waals surface area (Å²) < 4.78 is 41.5. The van der Waals surface area contributed by atoms with Crippen molar-refractivity contribution in [3.05, 3.63) is 35.7 Å². The maximum atomic E-state index is 12.4. The van der Waals surface area contributed by atoms with Crippen LogP contribution < -0.4 is 0 Å². The molecule has 1 N–H and O–H groups in total. The summed E-state index contributed by atoms with van der Waals surface area (Å²) >= 11 is 0. The number of alkyl halides is 3. The second-order valence-electron chi connectivity index (χ2n) is 5.16. The van der Waals surface area contributed by atoms with Gasteiger partial charge >= 0.3 is 12.1 Å². The average Bonchev–Trinajstić information content (AvgIpc) is 3.05. The SMILES string of the molecule is CN(CCCCO)C(=O)c1ccc(-c2noc(C(F)(F)F)n2)cc1. The second kappa shape index (κ2) is 7.43. The molecule has 130 valence electrons. The Morgan fingerprint density at radius 1 is 1.25 bits per heavy atom. The van der Waals surface area contributed by atoms with Crippen molar-refractivity contribution in [1.82, 2.24) is 15.0 Å². The zero-order valence-corrected chi connectivity index (χ0v) is 12.9. The van der Waals surface area contributed by atoms with E-state index in [1.807, 2.05) is 0 Å². The number of amides is 1. The van der Waals surface area contributed by atoms with Gasteiger partial charge in [0.15, 0.2) is 0 Å². The number of carbonyl (C=O) groups excluding carboxylic acids is 1. The van der Waals surface area contributed by atoms with Gasteiger partial charge in [-0.1, -0.05) is 17.3 Å². The molecule has 0 saturated heterocycles. The Bertz CT molecular complexity index is 683. The minimum Gasteiger partial charge on any atom is -0.396 e. The van der Waals surface area contributed by atoms with Crippen LogP contribution in [0.1, 0.15) is 29.1 Å². The topological polar surface area (TPSA) is 79.5 Å². The Balaban J connectivity index is 2.07. The molecule has 0 aliphatic carbocycles. The highest BCUT2D eigenvalue weighted by molar-refractivity contribution is 5.94. The summed E-state index contributed by atoms with van der Waals surface area (Å²) in [7, 11) is 1.64. The molecule has 0 atom stereocenters. The minimum absolute atomic E-state index is 0.0708. The van der Waals surface area contributed by atoms with E-state index in [2.05, 4.69) is 14.7 Å². The summed E-state index contributed by atoms with van der Waals surface area (Å²) in [6.07, 6.45) is -3.41. The first-order valence-electron chi connectivity index (χ1n) is 7.20. The Morgan fingerprint density at radius 3 is 2.46 bits per heavy atom. The summed E-state index contributed by atoms with van der Waals surface area (Å²) in [6.45, 7) is 0.572. The van der Waals surface area contributed by atoms with E-state index in [9.17, 15) is 18.0 Å². The van der Waals surface area contributed by atoms with Crippen LogP contribution in [0.2, 0.25) is 0 Å². The van der Waals surface area contributed by atoms with E-state index >= 15 is 0 Å². The highest BCUT2D eigenvalue weighted by atomic mass is 19.4. The maximum Gasteiger partial charge on any atom is 0.471 e. The van der Waals surface area contributed by atoms with Gasteiger partial charge in [-0.3, -0.25) is 4.79 Å². The van der Waals surface area contributed by atoms with Crippen molar-refractivity contribution in [2.45, 2.75) is 19.0 Å². The monoisotopic (exact) mass is 343 g/mol. The van der Waals surface area contributed by atoms with E-state index in [1.165, 1.54) is 29.2 Å². The summed E-state index contributed by atoms with van der Waals surface area (Å²) in [5.74, 6) is -1.83. The minimum atomic E-state index is -4.70. The zero-order chi connectivity index (χ0) is 17.7. The lowest BCUT2D eigenvalue weighted by molar-refractivity contribution is -0.159. The van der Waals surface area contributed by atoms with Gasteiger partial charge in [-0.25, -0.2) is 0 Å². The van der Waals surface area contributed by atoms with Crippen molar-refractivity contribution in [1.29, 1.82) is 0 Å². The lowest BCUT2D eigenvalue weighted by atomic mass is 10.1. The fourth-order valence-electron chi connectivity index (χ4n) is 2.00. The fourth-order valence-corrected chi connectivity index (χ4v) is 2.00. The standard InChI is InChI=1S/C15H16F3N3O3/c1-21(8-2-3-9-22)13(23)11-6-4-10(5-7-11)12-19-14(24-20-12)15(16,17)18/h4-7,22H,2-3,8-9H2,1H3. The van der Waals surface area contributed by atoms with E-state index in [4.69, 9.17) is 5.11 Å². The normalized spacial score (nSPS) is 11.5. The Kier molecular flexibility index (Phi) is 5.55. The van der Waals surface area contributed by atoms with Crippen LogP contribution in [0.15, 0.2) is 28.8 Å². The van der Waals surface area contributed by atoms with E-state index in [-0.39, 0.29) is 18.3 Å². The number of benzene rings is 1. The number of unbranched alkanes of at least 4 members (excludes halogenated alkanes) is 1. The number of aliphatic hydroxyl groups excluding tert-OH is 1. The van der Waals surface area contributed by atoms with Crippen LogP contribution in [0.25, 0.3) is 11.4 Å². The predicted octanol–water partition coefficient (Wildman–Crippen LogP) is 2.60. The summed E-state index contributed by atoms with van der Waals surface area (Å²) in [5.41, 5.74) is 0.707. The summed E-state index contributed by atoms with van der Waals surface area (Å²) in [4.78, 5) is 17.0. The van der Waals surface area contributed by atoms with Crippen LogP contribution in [0, 0.1) is 0 Å². The Morgan fingerprint density at radius 2 is 1.92 bits per heavy atom. The molecule has 0 fully saturated rings. The largest absolute Gasteiger partial charge is 0.471 e. The molecule has 0 unspecified atom stereocenters. The molecule has 1 aromatic heterocycles. The summed E-state index contributed by atoms with van der Waals surface area (Å²) in [5, 5.41) is 12.0. The van der Waals surface area contributed by atoms with Gasteiger partial charge in [0, 0.05) is 31.3 Å². The number of nitrogens with zero attached hydrogens (tertiary/aromatic N) is 3. The van der Waals surface area contributed by atoms with Crippen molar-refractivity contribution in [2.75, 3.05) is 20.2 Å². The maximum absolute atomic E-state index is 12.4. The van der Waals surface area contributed by atoms with Crippen molar-refractivity contribution in [3.63, 3.8) is 0 Å². The number of carbonyl (C=O) groups is 1. The van der Waals surface area contributed by atoms with Gasteiger partial charge in [-0.15, -0.1) is 0 Å². The molecule has 0 aliphatic rings. The van der Waals surface area contributed by atoms with E-state index < -0.39 is 12.1 Å². The number of hydrogen-bond acceptors (Lipinski definition) is 5. The van der Waals surface area contributed by atoms with Crippen molar-refractivity contribution in [2.24, 2.45) is 0 Å². The molecule has 0 aliphatic heterocycles. The van der Waals surface area contributed by atoms with Crippen molar-refractivity contribution < 1.29 is 27.6 Å². The van der Waals surface area contributed by atoms with Crippen LogP contribution in [0.5, 0.6) is 0 Å². The first-order chi connectivity index (χ1) is 11.3. The van der Waals surface area contributed by atoms with Gasteiger partial charge in [-0.2, -0.15) is 18.2 Å². The first-order valence-corrected chi connectivity index (χ1v) is 7.20. The molecule has 2 rings (SSSR count). The highest BCUT2D eigenvalue weighted by Crippen LogP contribution is 2.29. The van der Waals surface area contributed by atoms with Crippen molar-refractivity contribution >= 4 is 5.91 Å². The number of aliphatic hydroxyl groups is 1. The van der Waals surface area contributed by atoms with Gasteiger partial charge in [0.1, 0.15) is 0 Å². The van der Waals surface area contributed by atoms with Crippen LogP contribution in [-0.2, 0) is 6.18 Å². The molecule has 2 aromatic rings. The first kappa shape index (κ1) is 17.9. The van der Waals surface area contributed by atoms with Crippen LogP contribution in [0.4, 0.5) is 13.2 Å². The molecule has 1 amide bonds. The van der Waals surface area contributed by atoms with E-state index in [1.54, 1.807) is 7.05 Å². The molecule has 24 heavy (non-hydrogen) atoms. The number of hydrogen-bond donors (Lipinski definition) is 1. The number of rotatable bonds is 6. The Hall–Kier alpha value is -2.42. The van der Waals surface area contributed by atoms with Gasteiger partial charge in [-0.05, 0) is 25.0 Å². The van der Waals surface area contributed by atoms with Crippen LogP contribution >= 0.6 is 0 Å². The molecule has 0 bridgehead atoms. The molecule has 6 nitrogen and oxygen atoms in total. The molecule has 9 heteroatoms. The van der Waals surface area contributed by atoms with Gasteiger partial charge in [0.05, 0.1) is 0 Å². The lowest BCUT2D eigenvalue weighted by Gasteiger charge is -2.16. The second-order valence-corrected chi connectivity index (χ2v) is 5.16. The Labute approximate surface area is 135 Å². The third-order valence-electron chi connectivity index (χ3n) is 3.31. The van der Waals surface area contributed by atoms with Crippen LogP contribution in [-0.4, -0.2) is 46.3 Å². The lowest BCUT2D eigenvalue weighted by Crippen LogP contribution is -2.27. The van der Waals surface area contributed by atoms with Gasteiger partial charge in [0.25, 0.3) is 5.91 Å². The smallest absolute Gasteiger partial charge is 0.396 e. The molecule has 0 spiro atoms. The molecule has 0 saturated carbocycles. The van der Waals surface area contributed by atoms with Crippen molar-refractivity contribution in [3.8, 4) is 11.4 Å². The quantitative estimate of drug-likeness (QED) is 0.816.